The Kier molecular flexibility index (Phi) is 20.0. The van der Waals surface area contributed by atoms with Crippen molar-refractivity contribution in [3.05, 3.63) is 85.7 Å². The van der Waals surface area contributed by atoms with E-state index in [1.54, 1.807) is 34.2 Å². The summed E-state index contributed by atoms with van der Waals surface area (Å²) < 4.78 is 19.5. The lowest BCUT2D eigenvalue weighted by Crippen LogP contribution is -2.16. The van der Waals surface area contributed by atoms with Crippen molar-refractivity contribution in [1.82, 2.24) is 39.2 Å². The summed E-state index contributed by atoms with van der Waals surface area (Å²) in [4.78, 5) is 61.1. The van der Waals surface area contributed by atoms with Gasteiger partial charge in [-0.3, -0.25) is 19.2 Å². The number of carboxylic acid groups (broad SMARTS) is 1. The van der Waals surface area contributed by atoms with Crippen LogP contribution in [0.3, 0.4) is 0 Å². The number of aliphatic carboxylic acids is 1. The van der Waals surface area contributed by atoms with Crippen LogP contribution in [0.25, 0.3) is 33.8 Å². The first kappa shape index (κ1) is 52.1. The first-order valence-electron chi connectivity index (χ1n) is 19.8. The molecule has 4 aromatic heterocycles. The van der Waals surface area contributed by atoms with Crippen molar-refractivity contribution in [2.45, 2.75) is 107 Å². The van der Waals surface area contributed by atoms with Gasteiger partial charge in [-0.25, -0.2) is 19.0 Å². The minimum absolute atomic E-state index is 0. The van der Waals surface area contributed by atoms with E-state index in [9.17, 15) is 19.2 Å². The fourth-order valence-corrected chi connectivity index (χ4v) is 6.31. The standard InChI is InChI=1S/C22H28N4O4.C17H21N5O2.C3H5BrO2.2CH4/c1-6-8-18-23-14(4)19-21(27)24-20(25-26(18)19)16-12-15(9-10-17(16)30-7-2)11-13(3)22(28)29-5;1-4-6-14-19-10(3)15-17(23)20-16(21-22(14)15)12-9-11(18)7-8-13(12)24-5-2;1-2(4)3(5)6;;/h9-10,12-13H,6-8,11H2,1-5H3,(H,24,25,27);7-9H,4-6,18H2,1-3H3,(H,20,21,23);2H,1H3,(H,5,6);2*1H4. The van der Waals surface area contributed by atoms with Crippen LogP contribution >= 0.6 is 15.9 Å². The number of nitrogen functional groups attached to an aromatic ring is 1. The van der Waals surface area contributed by atoms with Gasteiger partial charge in [-0.1, -0.05) is 57.6 Å². The van der Waals surface area contributed by atoms with Crippen LogP contribution < -0.4 is 26.3 Å². The molecule has 338 valence electrons. The minimum atomic E-state index is -0.824. The zero-order chi connectivity index (χ0) is 44.3. The molecule has 2 aromatic carbocycles. The highest BCUT2D eigenvalue weighted by atomic mass is 79.9. The van der Waals surface area contributed by atoms with Gasteiger partial charge < -0.3 is 35.0 Å². The Morgan fingerprint density at radius 1 is 0.790 bits per heavy atom. The summed E-state index contributed by atoms with van der Waals surface area (Å²) in [5.41, 5.74) is 10.5. The number of anilines is 1. The lowest BCUT2D eigenvalue weighted by Gasteiger charge is -2.14. The number of methoxy groups -OCH3 is 1. The lowest BCUT2D eigenvalue weighted by molar-refractivity contribution is -0.144. The topological polar surface area (TPSA) is 234 Å². The van der Waals surface area contributed by atoms with Gasteiger partial charge in [0.1, 0.15) is 28.0 Å². The Bertz CT molecular complexity index is 2560. The van der Waals surface area contributed by atoms with Crippen LogP contribution in [0.2, 0.25) is 0 Å². The van der Waals surface area contributed by atoms with Gasteiger partial charge in [0.25, 0.3) is 11.1 Å². The number of nitrogens with zero attached hydrogens (tertiary/aromatic N) is 6. The molecule has 0 saturated heterocycles. The van der Waals surface area contributed by atoms with E-state index in [0.29, 0.717) is 82.0 Å². The molecule has 2 atom stereocenters. The number of carboxylic acids is 1. The summed E-state index contributed by atoms with van der Waals surface area (Å²) in [7, 11) is 1.38. The Balaban J connectivity index is 0.000000372. The average Bonchev–Trinajstić information content (AvgIpc) is 3.71. The Morgan fingerprint density at radius 3 is 1.63 bits per heavy atom. The number of aryl methyl sites for hydroxylation is 4. The molecule has 0 spiro atoms. The van der Waals surface area contributed by atoms with Crippen molar-refractivity contribution in [2.75, 3.05) is 26.1 Å². The summed E-state index contributed by atoms with van der Waals surface area (Å²) >= 11 is 2.84. The number of nitrogens with one attached hydrogen (secondary N) is 2. The molecule has 0 aliphatic carbocycles. The summed E-state index contributed by atoms with van der Waals surface area (Å²) in [6.07, 6.45) is 3.79. The number of carbonyl (C=O) groups excluding carboxylic acids is 1. The van der Waals surface area contributed by atoms with Crippen molar-refractivity contribution in [1.29, 1.82) is 0 Å². The molecule has 0 aliphatic heterocycles. The number of rotatable bonds is 14. The van der Waals surface area contributed by atoms with E-state index in [2.05, 4.69) is 59.9 Å². The zero-order valence-electron chi connectivity index (χ0n) is 35.5. The Hall–Kier alpha value is -6.04. The normalized spacial score (nSPS) is 11.5. The van der Waals surface area contributed by atoms with Gasteiger partial charge in [-0.15, -0.1) is 10.2 Å². The molecule has 0 radical (unpaired) electrons. The first-order valence-corrected chi connectivity index (χ1v) is 20.7. The van der Waals surface area contributed by atoms with E-state index >= 15 is 0 Å². The number of carbonyl (C=O) groups is 2. The number of ether oxygens (including phenoxy) is 3. The molecule has 62 heavy (non-hydrogen) atoms. The second kappa shape index (κ2) is 23.8. The van der Waals surface area contributed by atoms with Gasteiger partial charge >= 0.3 is 11.9 Å². The third-order valence-electron chi connectivity index (χ3n) is 9.08. The fourth-order valence-electron chi connectivity index (χ4n) is 6.31. The molecule has 5 N–H and O–H groups in total. The number of aromatic amines is 2. The smallest absolute Gasteiger partial charge is 0.316 e. The highest BCUT2D eigenvalue weighted by Crippen LogP contribution is 2.31. The maximum Gasteiger partial charge on any atom is 0.316 e. The molecule has 18 heteroatoms. The van der Waals surface area contributed by atoms with Crippen molar-refractivity contribution in [3.8, 4) is 34.3 Å². The van der Waals surface area contributed by atoms with Crippen LogP contribution in [-0.4, -0.2) is 81.4 Å². The van der Waals surface area contributed by atoms with E-state index in [1.807, 2.05) is 52.8 Å². The number of esters is 1. The largest absolute Gasteiger partial charge is 0.493 e. The summed E-state index contributed by atoms with van der Waals surface area (Å²) in [5.74, 6) is 2.21. The lowest BCUT2D eigenvalue weighted by atomic mass is 9.99. The van der Waals surface area contributed by atoms with Gasteiger partial charge in [0.05, 0.1) is 48.8 Å². The first-order chi connectivity index (χ1) is 28.6. The molecule has 17 nitrogen and oxygen atoms in total. The third kappa shape index (κ3) is 12.5. The number of fused-ring (bicyclic) bond motifs is 2. The molecule has 6 aromatic rings. The summed E-state index contributed by atoms with van der Waals surface area (Å²) in [6, 6.07) is 10.9. The van der Waals surface area contributed by atoms with E-state index in [4.69, 9.17) is 25.1 Å². The molecule has 0 fully saturated rings. The van der Waals surface area contributed by atoms with Crippen LogP contribution in [0, 0.1) is 19.8 Å². The van der Waals surface area contributed by atoms with E-state index in [0.717, 1.165) is 42.9 Å². The number of hydrogen-bond donors (Lipinski definition) is 4. The minimum Gasteiger partial charge on any atom is -0.493 e. The number of imidazole rings is 2. The van der Waals surface area contributed by atoms with Gasteiger partial charge in [0.2, 0.25) is 0 Å². The molecule has 4 heterocycles. The maximum absolute atomic E-state index is 12.8. The highest BCUT2D eigenvalue weighted by Gasteiger charge is 2.20. The predicted molar refractivity (Wildman–Crippen MR) is 247 cm³/mol. The summed E-state index contributed by atoms with van der Waals surface area (Å²) in [5, 5.41) is 17.2. The van der Waals surface area contributed by atoms with E-state index in [1.165, 1.54) is 7.11 Å². The Morgan fingerprint density at radius 2 is 1.23 bits per heavy atom. The predicted octanol–water partition coefficient (Wildman–Crippen LogP) is 7.55. The highest BCUT2D eigenvalue weighted by molar-refractivity contribution is 9.10. The molecule has 0 bridgehead atoms. The maximum atomic E-state index is 12.8. The average molecular weight is 925 g/mol. The second-order valence-electron chi connectivity index (χ2n) is 13.9. The third-order valence-corrected chi connectivity index (χ3v) is 9.47. The second-order valence-corrected chi connectivity index (χ2v) is 15.3. The van der Waals surface area contributed by atoms with Gasteiger partial charge in [0.15, 0.2) is 22.7 Å². The van der Waals surface area contributed by atoms with Gasteiger partial charge in [-0.05, 0) is 89.8 Å². The summed E-state index contributed by atoms with van der Waals surface area (Å²) in [6.45, 7) is 15.9. The number of benzene rings is 2. The number of nitrogens with two attached hydrogens (primary N) is 1. The van der Waals surface area contributed by atoms with E-state index < -0.39 is 10.8 Å². The molecular weight excluding hydrogens is 862 g/mol. The zero-order valence-corrected chi connectivity index (χ0v) is 37.1. The number of aromatic nitrogens is 8. The van der Waals surface area contributed by atoms with Crippen LogP contribution in [0.5, 0.6) is 11.5 Å². The van der Waals surface area contributed by atoms with Crippen molar-refractivity contribution < 1.29 is 28.9 Å². The SMILES string of the molecule is C.C.CC(Br)C(=O)O.CCCc1nc(C)c2c(=O)[nH]c(-c3cc(CC(C)C(=O)OC)ccc3OCC)nn12.CCCc1nc(C)c2c(=O)[nH]c(-c3cc(N)ccc3OCC)nn12. The number of alkyl halides is 1. The molecule has 6 rings (SSSR count). The molecular formula is C44H62BrN9O8. The number of halogens is 1. The monoisotopic (exact) mass is 923 g/mol. The quantitative estimate of drug-likeness (QED) is 0.0470. The van der Waals surface area contributed by atoms with Crippen molar-refractivity contribution >= 4 is 44.6 Å². The molecule has 2 unspecified atom stereocenters. The van der Waals surface area contributed by atoms with Gasteiger partial charge in [0, 0.05) is 18.5 Å². The molecule has 0 amide bonds. The van der Waals surface area contributed by atoms with Crippen molar-refractivity contribution in [2.24, 2.45) is 5.92 Å². The molecule has 0 saturated carbocycles. The van der Waals surface area contributed by atoms with Crippen LogP contribution in [0.4, 0.5) is 5.69 Å². The van der Waals surface area contributed by atoms with Crippen molar-refractivity contribution in [3.63, 3.8) is 0 Å². The fraction of sp³-hybridized carbons (Fsp3) is 0.455. The number of hydrogen-bond acceptors (Lipinski definition) is 12. The van der Waals surface area contributed by atoms with Crippen LogP contribution in [-0.2, 0) is 33.6 Å². The Labute approximate surface area is 370 Å². The van der Waals surface area contributed by atoms with Crippen LogP contribution in [0.1, 0.15) is 97.8 Å². The molecule has 0 aliphatic rings. The number of H-pyrrole nitrogens is 2. The van der Waals surface area contributed by atoms with Gasteiger partial charge in [-0.2, -0.15) is 0 Å². The van der Waals surface area contributed by atoms with E-state index in [-0.39, 0.29) is 37.9 Å². The van der Waals surface area contributed by atoms with Crippen LogP contribution in [0.15, 0.2) is 46.0 Å².